The molecule has 8 nitrogen and oxygen atoms in total. The van der Waals surface area contributed by atoms with Gasteiger partial charge in [-0.25, -0.2) is 10.5 Å². The van der Waals surface area contributed by atoms with Crippen LogP contribution in [0.4, 0.5) is 5.95 Å². The lowest BCUT2D eigenvalue weighted by Crippen LogP contribution is -2.14. The number of para-hydroxylation sites is 1. The average molecular weight is 304 g/mol. The minimum atomic E-state index is 0.0524. The third kappa shape index (κ3) is 2.91. The number of nitrogens with two attached hydrogens (primary N) is 1. The molecule has 0 aliphatic carbocycles. The summed E-state index contributed by atoms with van der Waals surface area (Å²) < 4.78 is 7.02. The average Bonchev–Trinajstić information content (AvgIpc) is 3.04. The maximum absolute atomic E-state index is 6.03. The highest BCUT2D eigenvalue weighted by Gasteiger charge is 2.11. The first-order chi connectivity index (χ1) is 10.3. The first kappa shape index (κ1) is 13.3. The number of benzene rings is 1. The molecule has 0 unspecified atom stereocenters. The fourth-order valence-corrected chi connectivity index (χ4v) is 1.75. The van der Waals surface area contributed by atoms with Crippen molar-refractivity contribution in [1.82, 2.24) is 24.7 Å². The lowest BCUT2D eigenvalue weighted by Gasteiger charge is -2.08. The van der Waals surface area contributed by atoms with E-state index in [1.165, 1.54) is 4.68 Å². The van der Waals surface area contributed by atoms with Crippen molar-refractivity contribution in [3.05, 3.63) is 47.7 Å². The summed E-state index contributed by atoms with van der Waals surface area (Å²) in [5, 5.41) is 4.49. The van der Waals surface area contributed by atoms with Gasteiger partial charge in [-0.3, -0.25) is 5.43 Å². The molecule has 3 N–H and O–H groups in total. The molecule has 3 aromatic rings. The van der Waals surface area contributed by atoms with Crippen molar-refractivity contribution in [2.45, 2.75) is 0 Å². The third-order valence-electron chi connectivity index (χ3n) is 2.48. The van der Waals surface area contributed by atoms with E-state index in [0.29, 0.717) is 10.8 Å². The zero-order valence-corrected chi connectivity index (χ0v) is 11.4. The van der Waals surface area contributed by atoms with Crippen molar-refractivity contribution >= 4 is 17.5 Å². The van der Waals surface area contributed by atoms with Crippen molar-refractivity contribution in [3.63, 3.8) is 0 Å². The van der Waals surface area contributed by atoms with Crippen LogP contribution in [0, 0.1) is 0 Å². The highest BCUT2D eigenvalue weighted by molar-refractivity contribution is 6.32. The first-order valence-electron chi connectivity index (χ1n) is 5.91. The van der Waals surface area contributed by atoms with Crippen molar-refractivity contribution in [2.75, 3.05) is 5.43 Å². The second-order valence-corrected chi connectivity index (χ2v) is 4.28. The van der Waals surface area contributed by atoms with E-state index >= 15 is 0 Å². The SMILES string of the molecule is NNc1nc(Oc2ccccc2Cl)nc(-n2cccn2)n1. The summed E-state index contributed by atoms with van der Waals surface area (Å²) in [4.78, 5) is 12.3. The fraction of sp³-hybridized carbons (Fsp3) is 0. The zero-order chi connectivity index (χ0) is 14.7. The molecule has 2 heterocycles. The van der Waals surface area contributed by atoms with Crippen LogP contribution >= 0.6 is 11.6 Å². The van der Waals surface area contributed by atoms with Crippen molar-refractivity contribution in [2.24, 2.45) is 5.84 Å². The number of hydrogen-bond acceptors (Lipinski definition) is 7. The van der Waals surface area contributed by atoms with Crippen LogP contribution in [-0.2, 0) is 0 Å². The Kier molecular flexibility index (Phi) is 3.63. The molecular formula is C12H10ClN7O. The number of nitrogen functional groups attached to an aromatic ring is 1. The van der Waals surface area contributed by atoms with Gasteiger partial charge in [0.15, 0.2) is 0 Å². The fourth-order valence-electron chi connectivity index (χ4n) is 1.57. The molecule has 0 atom stereocenters. The zero-order valence-electron chi connectivity index (χ0n) is 10.6. The minimum absolute atomic E-state index is 0.0524. The molecule has 0 saturated carbocycles. The topological polar surface area (TPSA) is 104 Å². The van der Waals surface area contributed by atoms with Crippen molar-refractivity contribution in [1.29, 1.82) is 0 Å². The van der Waals surface area contributed by atoms with Crippen LogP contribution in [0.1, 0.15) is 0 Å². The predicted molar refractivity (Wildman–Crippen MR) is 76.3 cm³/mol. The van der Waals surface area contributed by atoms with Gasteiger partial charge in [0, 0.05) is 12.4 Å². The maximum Gasteiger partial charge on any atom is 0.328 e. The van der Waals surface area contributed by atoms with Gasteiger partial charge in [0.05, 0.1) is 5.02 Å². The van der Waals surface area contributed by atoms with Crippen LogP contribution in [0.5, 0.6) is 11.8 Å². The number of ether oxygens (including phenoxy) is 1. The normalized spacial score (nSPS) is 10.4. The summed E-state index contributed by atoms with van der Waals surface area (Å²) in [5.74, 6) is 6.20. The lowest BCUT2D eigenvalue weighted by atomic mass is 10.3. The molecule has 21 heavy (non-hydrogen) atoms. The second-order valence-electron chi connectivity index (χ2n) is 3.87. The molecular weight excluding hydrogens is 294 g/mol. The standard InChI is InChI=1S/C12H10ClN7O/c13-8-4-1-2-5-9(8)21-12-17-10(19-14)16-11(18-12)20-7-3-6-15-20/h1-7H,14H2,(H,16,17,18,19). The van der Waals surface area contributed by atoms with E-state index in [4.69, 9.17) is 22.2 Å². The first-order valence-corrected chi connectivity index (χ1v) is 6.29. The number of hydrazine groups is 1. The number of rotatable bonds is 4. The summed E-state index contributed by atoms with van der Waals surface area (Å²) >= 11 is 6.03. The quantitative estimate of drug-likeness (QED) is 0.559. The lowest BCUT2D eigenvalue weighted by molar-refractivity contribution is 0.438. The van der Waals surface area contributed by atoms with Gasteiger partial charge in [-0.15, -0.1) is 0 Å². The molecule has 0 amide bonds. The van der Waals surface area contributed by atoms with E-state index in [1.54, 1.807) is 42.7 Å². The molecule has 0 aliphatic rings. The monoisotopic (exact) mass is 303 g/mol. The van der Waals surface area contributed by atoms with E-state index < -0.39 is 0 Å². The highest BCUT2D eigenvalue weighted by Crippen LogP contribution is 2.27. The van der Waals surface area contributed by atoms with Crippen LogP contribution in [0.15, 0.2) is 42.7 Å². The summed E-state index contributed by atoms with van der Waals surface area (Å²) in [5.41, 5.74) is 2.35. The van der Waals surface area contributed by atoms with Crippen LogP contribution in [0.2, 0.25) is 5.02 Å². The largest absolute Gasteiger partial charge is 0.423 e. The van der Waals surface area contributed by atoms with E-state index in [2.05, 4.69) is 25.5 Å². The number of hydrogen-bond donors (Lipinski definition) is 2. The molecule has 0 radical (unpaired) electrons. The van der Waals surface area contributed by atoms with Crippen molar-refractivity contribution in [3.8, 4) is 17.7 Å². The van der Waals surface area contributed by atoms with Gasteiger partial charge in [-0.05, 0) is 18.2 Å². The molecule has 0 bridgehead atoms. The highest BCUT2D eigenvalue weighted by atomic mass is 35.5. The van der Waals surface area contributed by atoms with Gasteiger partial charge in [0.1, 0.15) is 5.75 Å². The van der Waals surface area contributed by atoms with Crippen molar-refractivity contribution < 1.29 is 4.74 Å². The van der Waals surface area contributed by atoms with Crippen LogP contribution in [-0.4, -0.2) is 24.7 Å². The van der Waals surface area contributed by atoms with E-state index in [9.17, 15) is 0 Å². The van der Waals surface area contributed by atoms with E-state index in [0.717, 1.165) is 0 Å². The van der Waals surface area contributed by atoms with E-state index in [1.807, 2.05) is 0 Å². The molecule has 0 aliphatic heterocycles. The Labute approximate surface area is 124 Å². The van der Waals surface area contributed by atoms with Gasteiger partial charge in [-0.2, -0.15) is 20.1 Å². The van der Waals surface area contributed by atoms with Gasteiger partial charge >= 0.3 is 6.01 Å². The molecule has 9 heteroatoms. The Bertz CT molecular complexity index is 747. The molecule has 2 aromatic heterocycles. The van der Waals surface area contributed by atoms with Gasteiger partial charge < -0.3 is 4.74 Å². The summed E-state index contributed by atoms with van der Waals surface area (Å²) in [6.07, 6.45) is 3.29. The Hall–Kier alpha value is -2.71. The third-order valence-corrected chi connectivity index (χ3v) is 2.79. The summed E-state index contributed by atoms with van der Waals surface area (Å²) in [7, 11) is 0. The summed E-state index contributed by atoms with van der Waals surface area (Å²) in [6.45, 7) is 0. The van der Waals surface area contributed by atoms with Gasteiger partial charge in [-0.1, -0.05) is 23.7 Å². The molecule has 0 spiro atoms. The smallest absolute Gasteiger partial charge is 0.328 e. The molecule has 3 rings (SSSR count). The van der Waals surface area contributed by atoms with Gasteiger partial charge in [0.25, 0.3) is 5.95 Å². The molecule has 0 fully saturated rings. The number of nitrogens with zero attached hydrogens (tertiary/aromatic N) is 5. The Morgan fingerprint density at radius 2 is 2.00 bits per heavy atom. The Morgan fingerprint density at radius 1 is 1.14 bits per heavy atom. The molecule has 1 aromatic carbocycles. The molecule has 0 saturated heterocycles. The summed E-state index contributed by atoms with van der Waals surface area (Å²) in [6, 6.07) is 8.79. The van der Waals surface area contributed by atoms with E-state index in [-0.39, 0.29) is 17.9 Å². The van der Waals surface area contributed by atoms with Gasteiger partial charge in [0.2, 0.25) is 5.95 Å². The number of anilines is 1. The number of nitrogens with one attached hydrogen (secondary N) is 1. The van der Waals surface area contributed by atoms with Crippen LogP contribution in [0.25, 0.3) is 5.95 Å². The minimum Gasteiger partial charge on any atom is -0.423 e. The Balaban J connectivity index is 1.99. The molecule has 106 valence electrons. The Morgan fingerprint density at radius 3 is 2.71 bits per heavy atom. The maximum atomic E-state index is 6.03. The number of aromatic nitrogens is 5. The predicted octanol–water partition coefficient (Wildman–Crippen LogP) is 1.79. The second kappa shape index (κ2) is 5.73. The van der Waals surface area contributed by atoms with Crippen LogP contribution < -0.4 is 16.0 Å². The van der Waals surface area contributed by atoms with Crippen LogP contribution in [0.3, 0.4) is 0 Å². The number of halogens is 1.